The molecule has 26 heavy (non-hydrogen) atoms. The van der Waals surface area contributed by atoms with Gasteiger partial charge in [0.15, 0.2) is 0 Å². The van der Waals surface area contributed by atoms with E-state index in [9.17, 15) is 9.59 Å². The van der Waals surface area contributed by atoms with Gasteiger partial charge in [0.2, 0.25) is 5.91 Å². The predicted molar refractivity (Wildman–Crippen MR) is 103 cm³/mol. The minimum absolute atomic E-state index is 0.0347. The molecule has 1 saturated heterocycles. The van der Waals surface area contributed by atoms with Crippen molar-refractivity contribution in [1.29, 1.82) is 0 Å². The van der Waals surface area contributed by atoms with Crippen molar-refractivity contribution < 1.29 is 9.59 Å². The average Bonchev–Trinajstić information content (AvgIpc) is 2.66. The monoisotopic (exact) mass is 350 g/mol. The lowest BCUT2D eigenvalue weighted by Crippen LogP contribution is -2.49. The molecule has 1 aliphatic heterocycles. The molecule has 0 spiro atoms. The molecule has 2 amide bonds. The van der Waals surface area contributed by atoms with Crippen LogP contribution in [0.5, 0.6) is 0 Å². The Morgan fingerprint density at radius 3 is 2.54 bits per heavy atom. The molecule has 1 atom stereocenters. The van der Waals surface area contributed by atoms with Crippen molar-refractivity contribution in [1.82, 2.24) is 10.2 Å². The van der Waals surface area contributed by atoms with Gasteiger partial charge in [-0.3, -0.25) is 9.59 Å². The predicted octanol–water partition coefficient (Wildman–Crippen LogP) is 3.21. The Kier molecular flexibility index (Phi) is 6.05. The standard InChI is InChI=1S/C22H26N2O2/c1-17(25)23-20-11-7-15-24(16-20)22(26)21-12-6-5-10-19(21)14-13-18-8-3-2-4-9-18/h2-6,8-10,12,20H,7,11,13-16H2,1H3,(H,23,25). The quantitative estimate of drug-likeness (QED) is 0.900. The summed E-state index contributed by atoms with van der Waals surface area (Å²) in [7, 11) is 0. The van der Waals surface area contributed by atoms with Gasteiger partial charge < -0.3 is 10.2 Å². The smallest absolute Gasteiger partial charge is 0.254 e. The molecule has 2 aromatic rings. The van der Waals surface area contributed by atoms with Crippen LogP contribution in [0.3, 0.4) is 0 Å². The Hall–Kier alpha value is -2.62. The number of nitrogens with one attached hydrogen (secondary N) is 1. The van der Waals surface area contributed by atoms with E-state index >= 15 is 0 Å². The zero-order chi connectivity index (χ0) is 18.4. The van der Waals surface area contributed by atoms with E-state index in [0.29, 0.717) is 6.54 Å². The molecule has 136 valence electrons. The fourth-order valence-corrected chi connectivity index (χ4v) is 3.61. The van der Waals surface area contributed by atoms with Crippen LogP contribution in [0.2, 0.25) is 0 Å². The van der Waals surface area contributed by atoms with E-state index in [1.54, 1.807) is 0 Å². The van der Waals surface area contributed by atoms with Crippen molar-refractivity contribution >= 4 is 11.8 Å². The highest BCUT2D eigenvalue weighted by molar-refractivity contribution is 5.95. The summed E-state index contributed by atoms with van der Waals surface area (Å²) in [4.78, 5) is 26.3. The SMILES string of the molecule is CC(=O)NC1CCCN(C(=O)c2ccccc2CCc2ccccc2)C1. The first-order chi connectivity index (χ1) is 12.6. The van der Waals surface area contributed by atoms with E-state index in [4.69, 9.17) is 0 Å². The highest BCUT2D eigenvalue weighted by Gasteiger charge is 2.25. The molecule has 0 aliphatic carbocycles. The molecule has 1 unspecified atom stereocenters. The summed E-state index contributed by atoms with van der Waals surface area (Å²) in [6, 6.07) is 18.3. The van der Waals surface area contributed by atoms with E-state index in [1.165, 1.54) is 12.5 Å². The summed E-state index contributed by atoms with van der Waals surface area (Å²) < 4.78 is 0. The lowest BCUT2D eigenvalue weighted by molar-refractivity contribution is -0.120. The highest BCUT2D eigenvalue weighted by Crippen LogP contribution is 2.18. The number of likely N-dealkylation sites (tertiary alicyclic amines) is 1. The van der Waals surface area contributed by atoms with Crippen LogP contribution in [0.1, 0.15) is 41.3 Å². The van der Waals surface area contributed by atoms with Crippen LogP contribution in [-0.4, -0.2) is 35.8 Å². The fraction of sp³-hybridized carbons (Fsp3) is 0.364. The zero-order valence-electron chi connectivity index (χ0n) is 15.3. The molecule has 0 bridgehead atoms. The van der Waals surface area contributed by atoms with Gasteiger partial charge in [-0.25, -0.2) is 0 Å². The van der Waals surface area contributed by atoms with Crippen LogP contribution >= 0.6 is 0 Å². The fourth-order valence-electron chi connectivity index (χ4n) is 3.61. The third kappa shape index (κ3) is 4.72. The Bertz CT molecular complexity index is 758. The topological polar surface area (TPSA) is 49.4 Å². The summed E-state index contributed by atoms with van der Waals surface area (Å²) in [6.45, 7) is 2.87. The minimum atomic E-state index is -0.0347. The number of aryl methyl sites for hydroxylation is 2. The molecule has 0 aromatic heterocycles. The van der Waals surface area contributed by atoms with E-state index in [2.05, 4.69) is 17.4 Å². The number of nitrogens with zero attached hydrogens (tertiary/aromatic N) is 1. The largest absolute Gasteiger partial charge is 0.352 e. The first-order valence-corrected chi connectivity index (χ1v) is 9.31. The molecule has 2 aromatic carbocycles. The van der Waals surface area contributed by atoms with Crippen LogP contribution < -0.4 is 5.32 Å². The van der Waals surface area contributed by atoms with Gasteiger partial charge in [0.1, 0.15) is 0 Å². The van der Waals surface area contributed by atoms with Crippen LogP contribution in [0.25, 0.3) is 0 Å². The first kappa shape index (κ1) is 18.2. The first-order valence-electron chi connectivity index (χ1n) is 9.31. The van der Waals surface area contributed by atoms with Gasteiger partial charge in [-0.05, 0) is 42.9 Å². The second-order valence-corrected chi connectivity index (χ2v) is 6.93. The molecule has 1 fully saturated rings. The molecule has 4 heteroatoms. The van der Waals surface area contributed by atoms with Crippen molar-refractivity contribution in [3.05, 3.63) is 71.3 Å². The van der Waals surface area contributed by atoms with E-state index in [0.717, 1.165) is 43.4 Å². The molecule has 3 rings (SSSR count). The van der Waals surface area contributed by atoms with Crippen molar-refractivity contribution in [2.75, 3.05) is 13.1 Å². The third-order valence-corrected chi connectivity index (χ3v) is 4.89. The second kappa shape index (κ2) is 8.65. The summed E-state index contributed by atoms with van der Waals surface area (Å²) >= 11 is 0. The Morgan fingerprint density at radius 1 is 1.04 bits per heavy atom. The van der Waals surface area contributed by atoms with Gasteiger partial charge in [0.05, 0.1) is 0 Å². The maximum absolute atomic E-state index is 13.1. The number of hydrogen-bond acceptors (Lipinski definition) is 2. The van der Waals surface area contributed by atoms with Crippen molar-refractivity contribution in [3.8, 4) is 0 Å². The van der Waals surface area contributed by atoms with Crippen LogP contribution in [-0.2, 0) is 17.6 Å². The molecular weight excluding hydrogens is 324 g/mol. The van der Waals surface area contributed by atoms with Crippen molar-refractivity contribution in [2.45, 2.75) is 38.6 Å². The molecule has 1 N–H and O–H groups in total. The third-order valence-electron chi connectivity index (χ3n) is 4.89. The van der Waals surface area contributed by atoms with Gasteiger partial charge in [-0.15, -0.1) is 0 Å². The number of piperidine rings is 1. The summed E-state index contributed by atoms with van der Waals surface area (Å²) in [5.74, 6) is 0.0382. The number of rotatable bonds is 5. The summed E-state index contributed by atoms with van der Waals surface area (Å²) in [5.41, 5.74) is 3.15. The lowest BCUT2D eigenvalue weighted by Gasteiger charge is -2.33. The molecule has 4 nitrogen and oxygen atoms in total. The number of carbonyl (C=O) groups excluding carboxylic acids is 2. The average molecular weight is 350 g/mol. The molecule has 1 heterocycles. The molecule has 1 aliphatic rings. The molecule has 0 radical (unpaired) electrons. The maximum Gasteiger partial charge on any atom is 0.254 e. The van der Waals surface area contributed by atoms with Crippen LogP contribution in [0.15, 0.2) is 54.6 Å². The number of benzene rings is 2. The lowest BCUT2D eigenvalue weighted by atomic mass is 9.97. The van der Waals surface area contributed by atoms with E-state index < -0.39 is 0 Å². The maximum atomic E-state index is 13.1. The minimum Gasteiger partial charge on any atom is -0.352 e. The number of hydrogen-bond donors (Lipinski definition) is 1. The highest BCUT2D eigenvalue weighted by atomic mass is 16.2. The number of carbonyl (C=O) groups is 2. The Labute approximate surface area is 155 Å². The normalized spacial score (nSPS) is 17.0. The summed E-state index contributed by atoms with van der Waals surface area (Å²) in [6.07, 6.45) is 3.61. The van der Waals surface area contributed by atoms with Crippen LogP contribution in [0.4, 0.5) is 0 Å². The van der Waals surface area contributed by atoms with Gasteiger partial charge in [-0.2, -0.15) is 0 Å². The van der Waals surface area contributed by atoms with Crippen LogP contribution in [0, 0.1) is 0 Å². The molecule has 0 saturated carbocycles. The van der Waals surface area contributed by atoms with Crippen molar-refractivity contribution in [2.24, 2.45) is 0 Å². The molecular formula is C22H26N2O2. The zero-order valence-corrected chi connectivity index (χ0v) is 15.3. The van der Waals surface area contributed by atoms with Gasteiger partial charge >= 0.3 is 0 Å². The van der Waals surface area contributed by atoms with Gasteiger partial charge in [0.25, 0.3) is 5.91 Å². The Balaban J connectivity index is 1.70. The van der Waals surface area contributed by atoms with E-state index in [-0.39, 0.29) is 17.9 Å². The second-order valence-electron chi connectivity index (χ2n) is 6.93. The van der Waals surface area contributed by atoms with Crippen molar-refractivity contribution in [3.63, 3.8) is 0 Å². The number of amides is 2. The summed E-state index contributed by atoms with van der Waals surface area (Å²) in [5, 5.41) is 2.95. The van der Waals surface area contributed by atoms with E-state index in [1.807, 2.05) is 47.4 Å². The van der Waals surface area contributed by atoms with Gasteiger partial charge in [0, 0.05) is 31.6 Å². The Morgan fingerprint density at radius 2 is 1.77 bits per heavy atom. The van der Waals surface area contributed by atoms with Gasteiger partial charge in [-0.1, -0.05) is 48.5 Å².